The molecule has 0 heterocycles. The topological polar surface area (TPSA) is 41.5 Å². The van der Waals surface area contributed by atoms with Crippen LogP contribution in [-0.2, 0) is 4.74 Å². The Hall–Kier alpha value is -0.120. The molecule has 2 N–H and O–H groups in total. The predicted molar refractivity (Wildman–Crippen MR) is 66.5 cm³/mol. The Morgan fingerprint density at radius 2 is 2.19 bits per heavy atom. The van der Waals surface area contributed by atoms with Crippen molar-refractivity contribution in [2.45, 2.75) is 57.5 Å². The van der Waals surface area contributed by atoms with Crippen LogP contribution >= 0.6 is 0 Å². The summed E-state index contributed by atoms with van der Waals surface area (Å²) in [5.41, 5.74) is -0.0781. The van der Waals surface area contributed by atoms with Crippen LogP contribution in [0.2, 0.25) is 0 Å². The molecule has 0 aromatic carbocycles. The molecular formula is C13H27NO2. The number of aliphatic hydroxyl groups excluding tert-OH is 1. The van der Waals surface area contributed by atoms with E-state index < -0.39 is 0 Å². The van der Waals surface area contributed by atoms with Crippen molar-refractivity contribution >= 4 is 0 Å². The Bertz CT molecular complexity index is 190. The minimum atomic E-state index is -0.0781. The minimum absolute atomic E-state index is 0.0781. The lowest BCUT2D eigenvalue weighted by Gasteiger charge is -2.37. The maximum Gasteiger partial charge on any atom is 0.0642 e. The molecular weight excluding hydrogens is 202 g/mol. The van der Waals surface area contributed by atoms with Crippen LogP contribution in [0.3, 0.4) is 0 Å². The normalized spacial score (nSPS) is 30.0. The first-order valence-corrected chi connectivity index (χ1v) is 6.47. The Kier molecular flexibility index (Phi) is 5.73. The van der Waals surface area contributed by atoms with E-state index >= 15 is 0 Å². The number of ether oxygens (including phenoxy) is 1. The van der Waals surface area contributed by atoms with Crippen molar-refractivity contribution in [1.29, 1.82) is 0 Å². The number of rotatable bonds is 6. The van der Waals surface area contributed by atoms with Gasteiger partial charge in [-0.2, -0.15) is 0 Å². The largest absolute Gasteiger partial charge is 0.396 e. The SMILES string of the molecule is COCC(C)(CCO)NC1CCCC(C)C1. The third-order valence-corrected chi connectivity index (χ3v) is 3.62. The molecule has 0 bridgehead atoms. The van der Waals surface area contributed by atoms with Gasteiger partial charge in [0.05, 0.1) is 6.61 Å². The van der Waals surface area contributed by atoms with Crippen LogP contribution in [0.5, 0.6) is 0 Å². The molecule has 0 saturated heterocycles. The molecule has 3 atom stereocenters. The highest BCUT2D eigenvalue weighted by Crippen LogP contribution is 2.25. The maximum atomic E-state index is 9.11. The molecule has 1 aliphatic rings. The minimum Gasteiger partial charge on any atom is -0.396 e. The number of aliphatic hydroxyl groups is 1. The van der Waals surface area contributed by atoms with E-state index in [0.717, 1.165) is 12.3 Å². The van der Waals surface area contributed by atoms with Gasteiger partial charge in [-0.1, -0.05) is 19.8 Å². The van der Waals surface area contributed by atoms with Crippen molar-refractivity contribution < 1.29 is 9.84 Å². The van der Waals surface area contributed by atoms with E-state index in [1.165, 1.54) is 25.7 Å². The number of hydrogen-bond acceptors (Lipinski definition) is 3. The zero-order valence-corrected chi connectivity index (χ0v) is 11.0. The molecule has 1 fully saturated rings. The molecule has 3 nitrogen and oxygen atoms in total. The van der Waals surface area contributed by atoms with Crippen LogP contribution in [0.4, 0.5) is 0 Å². The van der Waals surface area contributed by atoms with Gasteiger partial charge in [0, 0.05) is 25.3 Å². The number of nitrogens with one attached hydrogen (secondary N) is 1. The van der Waals surface area contributed by atoms with Crippen molar-refractivity contribution in [3.8, 4) is 0 Å². The monoisotopic (exact) mass is 229 g/mol. The average Bonchev–Trinajstić information content (AvgIpc) is 2.17. The van der Waals surface area contributed by atoms with Gasteiger partial charge in [-0.25, -0.2) is 0 Å². The van der Waals surface area contributed by atoms with Gasteiger partial charge in [0.25, 0.3) is 0 Å². The molecule has 16 heavy (non-hydrogen) atoms. The van der Waals surface area contributed by atoms with E-state index in [4.69, 9.17) is 9.84 Å². The summed E-state index contributed by atoms with van der Waals surface area (Å²) in [5.74, 6) is 0.826. The standard InChI is InChI=1S/C13H27NO2/c1-11-5-4-6-12(9-11)14-13(2,7-8-15)10-16-3/h11-12,14-15H,4-10H2,1-3H3. The van der Waals surface area contributed by atoms with E-state index in [-0.39, 0.29) is 12.1 Å². The van der Waals surface area contributed by atoms with Crippen molar-refractivity contribution in [3.05, 3.63) is 0 Å². The first-order chi connectivity index (χ1) is 7.59. The molecule has 0 radical (unpaired) electrons. The summed E-state index contributed by atoms with van der Waals surface area (Å²) in [7, 11) is 1.72. The average molecular weight is 229 g/mol. The second kappa shape index (κ2) is 6.58. The van der Waals surface area contributed by atoms with Crippen LogP contribution in [0.1, 0.15) is 46.0 Å². The molecule has 3 unspecified atom stereocenters. The molecule has 1 rings (SSSR count). The van der Waals surface area contributed by atoms with E-state index in [0.29, 0.717) is 12.6 Å². The van der Waals surface area contributed by atoms with Crippen molar-refractivity contribution in [1.82, 2.24) is 5.32 Å². The van der Waals surface area contributed by atoms with Crippen LogP contribution in [0, 0.1) is 5.92 Å². The van der Waals surface area contributed by atoms with Gasteiger partial charge in [0.1, 0.15) is 0 Å². The highest BCUT2D eigenvalue weighted by atomic mass is 16.5. The summed E-state index contributed by atoms with van der Waals surface area (Å²) >= 11 is 0. The fourth-order valence-electron chi connectivity index (χ4n) is 2.81. The Morgan fingerprint density at radius 3 is 2.75 bits per heavy atom. The highest BCUT2D eigenvalue weighted by molar-refractivity contribution is 4.88. The second-order valence-electron chi connectivity index (χ2n) is 5.58. The van der Waals surface area contributed by atoms with E-state index in [1.54, 1.807) is 7.11 Å². The molecule has 0 aromatic rings. The molecule has 0 amide bonds. The zero-order chi connectivity index (χ0) is 12.0. The first-order valence-electron chi connectivity index (χ1n) is 6.47. The number of hydrogen-bond donors (Lipinski definition) is 2. The maximum absolute atomic E-state index is 9.11. The predicted octanol–water partition coefficient (Wildman–Crippen LogP) is 1.94. The number of methoxy groups -OCH3 is 1. The molecule has 3 heteroatoms. The molecule has 0 aromatic heterocycles. The Labute approximate surface area is 99.6 Å². The third kappa shape index (κ3) is 4.40. The fraction of sp³-hybridized carbons (Fsp3) is 1.00. The van der Waals surface area contributed by atoms with Crippen LogP contribution < -0.4 is 5.32 Å². The summed E-state index contributed by atoms with van der Waals surface area (Å²) in [6, 6.07) is 0.593. The second-order valence-corrected chi connectivity index (χ2v) is 5.58. The summed E-state index contributed by atoms with van der Waals surface area (Å²) in [5, 5.41) is 12.8. The summed E-state index contributed by atoms with van der Waals surface area (Å²) in [6.45, 7) is 5.35. The van der Waals surface area contributed by atoms with Crippen molar-refractivity contribution in [3.63, 3.8) is 0 Å². The van der Waals surface area contributed by atoms with Crippen LogP contribution in [-0.4, -0.2) is 37.0 Å². The van der Waals surface area contributed by atoms with Crippen molar-refractivity contribution in [2.24, 2.45) is 5.92 Å². The van der Waals surface area contributed by atoms with Crippen LogP contribution in [0.25, 0.3) is 0 Å². The lowest BCUT2D eigenvalue weighted by atomic mass is 9.85. The summed E-state index contributed by atoms with van der Waals surface area (Å²) in [4.78, 5) is 0. The zero-order valence-electron chi connectivity index (χ0n) is 11.0. The molecule has 1 aliphatic carbocycles. The Balaban J connectivity index is 2.46. The van der Waals surface area contributed by atoms with Gasteiger partial charge in [0.15, 0.2) is 0 Å². The highest BCUT2D eigenvalue weighted by Gasteiger charge is 2.29. The van der Waals surface area contributed by atoms with Gasteiger partial charge < -0.3 is 15.2 Å². The fourth-order valence-corrected chi connectivity index (χ4v) is 2.81. The van der Waals surface area contributed by atoms with Crippen molar-refractivity contribution in [2.75, 3.05) is 20.3 Å². The van der Waals surface area contributed by atoms with E-state index in [9.17, 15) is 0 Å². The summed E-state index contributed by atoms with van der Waals surface area (Å²) < 4.78 is 5.25. The van der Waals surface area contributed by atoms with E-state index in [1.807, 2.05) is 0 Å². The lowest BCUT2D eigenvalue weighted by molar-refractivity contribution is 0.0823. The first kappa shape index (κ1) is 13.9. The molecule has 96 valence electrons. The Morgan fingerprint density at radius 1 is 1.44 bits per heavy atom. The van der Waals surface area contributed by atoms with Gasteiger partial charge in [0.2, 0.25) is 0 Å². The van der Waals surface area contributed by atoms with E-state index in [2.05, 4.69) is 19.2 Å². The lowest BCUT2D eigenvalue weighted by Crippen LogP contribution is -2.52. The molecule has 1 saturated carbocycles. The van der Waals surface area contributed by atoms with Gasteiger partial charge in [-0.05, 0) is 32.1 Å². The van der Waals surface area contributed by atoms with Crippen LogP contribution in [0.15, 0.2) is 0 Å². The van der Waals surface area contributed by atoms with Gasteiger partial charge in [-0.3, -0.25) is 0 Å². The molecule has 0 aliphatic heterocycles. The summed E-state index contributed by atoms with van der Waals surface area (Å²) in [6.07, 6.45) is 5.95. The quantitative estimate of drug-likeness (QED) is 0.731. The van der Waals surface area contributed by atoms with Gasteiger partial charge >= 0.3 is 0 Å². The smallest absolute Gasteiger partial charge is 0.0642 e. The molecule has 0 spiro atoms. The van der Waals surface area contributed by atoms with Gasteiger partial charge in [-0.15, -0.1) is 0 Å². The third-order valence-electron chi connectivity index (χ3n) is 3.62.